The third-order valence-electron chi connectivity index (χ3n) is 7.25. The van der Waals surface area contributed by atoms with Gasteiger partial charge in [0, 0.05) is 23.2 Å². The Balaban J connectivity index is 0.000000189. The number of likely N-dealkylation sites (tertiary alicyclic amines) is 1. The number of oxazole rings is 2. The molecule has 0 aliphatic carbocycles. The van der Waals surface area contributed by atoms with E-state index in [1.54, 1.807) is 66.7 Å². The molecule has 3 N–H and O–H groups in total. The molecule has 0 spiro atoms. The highest BCUT2D eigenvalue weighted by Gasteiger charge is 2.43. The predicted octanol–water partition coefficient (Wildman–Crippen LogP) is 6.37. The van der Waals surface area contributed by atoms with Gasteiger partial charge in [0.05, 0.1) is 46.8 Å². The van der Waals surface area contributed by atoms with Crippen molar-refractivity contribution in [2.75, 3.05) is 29.5 Å². The molecule has 0 bridgehead atoms. The number of nitriles is 4. The van der Waals surface area contributed by atoms with Crippen LogP contribution in [-0.4, -0.2) is 50.6 Å². The molecule has 0 radical (unpaired) electrons. The molecule has 51 heavy (non-hydrogen) atoms. The minimum absolute atomic E-state index is 0.00731. The van der Waals surface area contributed by atoms with Crippen LogP contribution in [0.1, 0.15) is 39.9 Å². The quantitative estimate of drug-likeness (QED) is 0.110. The molecule has 1 amide bonds. The Labute approximate surface area is 300 Å². The number of amides is 1. The Morgan fingerprint density at radius 1 is 0.882 bits per heavy atom. The molecule has 0 unspecified atom stereocenters. The van der Waals surface area contributed by atoms with E-state index in [1.807, 2.05) is 24.4 Å². The average molecular weight is 749 g/mol. The second-order valence-electron chi connectivity index (χ2n) is 10.8. The van der Waals surface area contributed by atoms with Crippen LogP contribution in [0.25, 0.3) is 22.5 Å². The lowest BCUT2D eigenvalue weighted by Crippen LogP contribution is -2.51. The summed E-state index contributed by atoms with van der Waals surface area (Å²) in [7, 11) is 0. The third kappa shape index (κ3) is 10.1. The zero-order valence-electron chi connectivity index (χ0n) is 26.7. The van der Waals surface area contributed by atoms with Gasteiger partial charge in [0.1, 0.15) is 23.9 Å². The minimum atomic E-state index is -2.16. The number of halogens is 2. The van der Waals surface area contributed by atoms with Crippen molar-refractivity contribution in [1.29, 1.82) is 21.0 Å². The molecule has 254 valence electrons. The topological polar surface area (TPSA) is 223 Å². The maximum atomic E-state index is 14.8. The molecule has 1 saturated heterocycles. The summed E-state index contributed by atoms with van der Waals surface area (Å²) in [4.78, 5) is 32.6. The van der Waals surface area contributed by atoms with Crippen molar-refractivity contribution in [3.63, 3.8) is 0 Å². The number of nitrogens with two attached hydrogens (primary N) is 1. The number of hydrogen-bond donors (Lipinski definition) is 2. The van der Waals surface area contributed by atoms with Crippen LogP contribution in [0.15, 0.2) is 94.2 Å². The largest absolute Gasteiger partial charge is 0.432 e. The van der Waals surface area contributed by atoms with Gasteiger partial charge in [-0.25, -0.2) is 4.39 Å². The summed E-state index contributed by atoms with van der Waals surface area (Å²) in [6, 6.07) is 26.5. The zero-order chi connectivity index (χ0) is 36.8. The van der Waals surface area contributed by atoms with Crippen molar-refractivity contribution >= 4 is 39.6 Å². The molecule has 5 aromatic rings. The summed E-state index contributed by atoms with van der Waals surface area (Å²) in [5, 5.41) is 37.7. The number of nitrogens with one attached hydrogen (secondary N) is 1. The van der Waals surface area contributed by atoms with E-state index in [2.05, 4.69) is 37.3 Å². The molecule has 1 aliphatic rings. The Morgan fingerprint density at radius 2 is 1.45 bits per heavy atom. The number of hydrogen-bond acceptors (Lipinski definition) is 12. The Bertz CT molecular complexity index is 2190. The number of carbonyl (C=O) groups excluding carboxylic acids is 2. The van der Waals surface area contributed by atoms with E-state index in [9.17, 15) is 14.0 Å². The van der Waals surface area contributed by atoms with Crippen molar-refractivity contribution < 1.29 is 22.8 Å². The van der Waals surface area contributed by atoms with Gasteiger partial charge in [-0.2, -0.15) is 31.0 Å². The minimum Gasteiger partial charge on any atom is -0.432 e. The van der Waals surface area contributed by atoms with Crippen molar-refractivity contribution in [3.05, 3.63) is 108 Å². The lowest BCUT2D eigenvalue weighted by atomic mass is 9.94. The average Bonchev–Trinajstić information content (AvgIpc) is 3.84. The predicted molar refractivity (Wildman–Crippen MR) is 186 cm³/mol. The molecule has 1 fully saturated rings. The molecule has 15 heteroatoms. The van der Waals surface area contributed by atoms with E-state index in [4.69, 9.17) is 35.6 Å². The highest BCUT2D eigenvalue weighted by Crippen LogP contribution is 2.28. The number of anilines is 2. The van der Waals surface area contributed by atoms with Gasteiger partial charge in [0.25, 0.3) is 11.9 Å². The summed E-state index contributed by atoms with van der Waals surface area (Å²) >= 11 is 3.07. The van der Waals surface area contributed by atoms with Crippen molar-refractivity contribution in [1.82, 2.24) is 14.9 Å². The van der Waals surface area contributed by atoms with Crippen LogP contribution in [-0.2, 0) is 4.79 Å². The summed E-state index contributed by atoms with van der Waals surface area (Å²) in [5.41, 5.74) is 7.85. The Morgan fingerprint density at radius 3 is 2.00 bits per heavy atom. The van der Waals surface area contributed by atoms with Gasteiger partial charge in [-0.1, -0.05) is 52.3 Å². The van der Waals surface area contributed by atoms with Gasteiger partial charge >= 0.3 is 6.01 Å². The number of alkyl halides is 2. The van der Waals surface area contributed by atoms with Crippen molar-refractivity contribution in [3.8, 4) is 46.9 Å². The molecule has 2 aromatic heterocycles. The fourth-order valence-electron chi connectivity index (χ4n) is 4.71. The van der Waals surface area contributed by atoms with Crippen LogP contribution in [0.5, 0.6) is 0 Å². The maximum Gasteiger partial charge on any atom is 0.301 e. The van der Waals surface area contributed by atoms with Gasteiger partial charge < -0.3 is 19.5 Å². The van der Waals surface area contributed by atoms with E-state index in [0.29, 0.717) is 57.5 Å². The van der Waals surface area contributed by atoms with Crippen LogP contribution < -0.4 is 11.1 Å². The lowest BCUT2D eigenvalue weighted by Gasteiger charge is -2.32. The molecular weight excluding hydrogens is 721 g/mol. The number of aromatic nitrogens is 2. The Kier molecular flexibility index (Phi) is 12.7. The SMILES string of the molecule is N#Cc1cccc(-c2coc(N)n2)c1.N#Cc1cccc(-c2coc(NC(=O)[C@@]3(F)CCCN(C#N)C3)n2)c1.N#Cc1cccc(C(=O)CBr)c1. The van der Waals surface area contributed by atoms with E-state index in [0.717, 1.165) is 5.56 Å². The number of piperidine rings is 1. The van der Waals surface area contributed by atoms with Crippen LogP contribution in [0.4, 0.5) is 16.4 Å². The first-order valence-corrected chi connectivity index (χ1v) is 16.2. The van der Waals surface area contributed by atoms with Crippen LogP contribution in [0.2, 0.25) is 0 Å². The third-order valence-corrected chi connectivity index (χ3v) is 7.76. The highest BCUT2D eigenvalue weighted by molar-refractivity contribution is 9.09. The van der Waals surface area contributed by atoms with Gasteiger partial charge in [0.15, 0.2) is 12.0 Å². The van der Waals surface area contributed by atoms with Gasteiger partial charge in [-0.3, -0.25) is 14.9 Å². The Hall–Kier alpha value is -6.81. The first-order valence-electron chi connectivity index (χ1n) is 15.0. The fourth-order valence-corrected chi connectivity index (χ4v) is 5.03. The van der Waals surface area contributed by atoms with Gasteiger partial charge in [-0.15, -0.1) is 0 Å². The van der Waals surface area contributed by atoms with E-state index >= 15 is 0 Å². The van der Waals surface area contributed by atoms with Crippen molar-refractivity contribution in [2.24, 2.45) is 0 Å². The van der Waals surface area contributed by atoms with Crippen molar-refractivity contribution in [2.45, 2.75) is 18.5 Å². The second-order valence-corrected chi connectivity index (χ2v) is 11.3. The number of Topliss-reactive ketones (excluding diaryl/α,β-unsaturated/α-hetero) is 1. The summed E-state index contributed by atoms with van der Waals surface area (Å²) in [6.45, 7) is 0.154. The van der Waals surface area contributed by atoms with Gasteiger partial charge in [0.2, 0.25) is 5.67 Å². The molecule has 13 nitrogen and oxygen atoms in total. The molecule has 3 aromatic carbocycles. The number of ketones is 1. The maximum absolute atomic E-state index is 14.8. The normalized spacial score (nSPS) is 14.4. The summed E-state index contributed by atoms with van der Waals surface area (Å²) in [6.07, 6.45) is 5.09. The molecule has 1 aliphatic heterocycles. The lowest BCUT2D eigenvalue weighted by molar-refractivity contribution is -0.130. The van der Waals surface area contributed by atoms with E-state index in [-0.39, 0.29) is 30.8 Å². The molecule has 0 saturated carbocycles. The zero-order valence-corrected chi connectivity index (χ0v) is 28.3. The number of rotatable bonds is 6. The van der Waals surface area contributed by atoms with Gasteiger partial charge in [-0.05, 0) is 49.2 Å². The number of nitrogen functional groups attached to an aromatic ring is 1. The van der Waals surface area contributed by atoms with E-state index in [1.165, 1.54) is 17.4 Å². The second kappa shape index (κ2) is 17.5. The standard InChI is InChI=1S/C17H14FN5O2.C10H7N3O.C9H6BrNO/c18-17(5-2-6-23(10-17)11-20)15(24)22-16-21-14(9-25-16)13-4-1-3-12(7-13)8-19;11-5-7-2-1-3-8(4-7)9-6-14-10(12)13-9;10-5-9(12)8-3-1-2-7(4-8)6-11/h1,3-4,7,9H,2,5-6,10H2,(H,21,22,24);1-4,6H,(H2,12,13);1-4H,5H2/t17-;;/m1../s1. The molecular formula is C36H27BrFN9O4. The summed E-state index contributed by atoms with van der Waals surface area (Å²) in [5.74, 6) is -0.890. The van der Waals surface area contributed by atoms with E-state index < -0.39 is 11.6 Å². The molecule has 1 atom stereocenters. The number of nitrogens with zero attached hydrogens (tertiary/aromatic N) is 7. The van der Waals surface area contributed by atoms with Crippen LogP contribution in [0.3, 0.4) is 0 Å². The first-order chi connectivity index (χ1) is 24.6. The number of carbonyl (C=O) groups is 2. The highest BCUT2D eigenvalue weighted by atomic mass is 79.9. The number of benzene rings is 3. The van der Waals surface area contributed by atoms with Crippen LogP contribution in [0, 0.1) is 45.4 Å². The fraction of sp³-hybridized carbons (Fsp3) is 0.167. The first kappa shape index (κ1) is 37.0. The monoisotopic (exact) mass is 747 g/mol. The summed E-state index contributed by atoms with van der Waals surface area (Å²) < 4.78 is 24.9. The van der Waals surface area contributed by atoms with Crippen LogP contribution >= 0.6 is 15.9 Å². The smallest absolute Gasteiger partial charge is 0.301 e. The molecule has 3 heterocycles. The molecule has 6 rings (SSSR count).